The SMILES string of the molecule is Cc1cc(C)c2[nH]cc(C=C(C#N)C#N)c2c1. The normalized spacial score (nSPS) is 9.65. The lowest BCUT2D eigenvalue weighted by atomic mass is 10.0. The van der Waals surface area contributed by atoms with Crippen molar-refractivity contribution in [2.75, 3.05) is 0 Å². The van der Waals surface area contributed by atoms with Gasteiger partial charge < -0.3 is 4.98 Å². The minimum atomic E-state index is 0.116. The molecule has 3 heteroatoms. The number of aromatic amines is 1. The van der Waals surface area contributed by atoms with Crippen LogP contribution < -0.4 is 0 Å². The Morgan fingerprint density at radius 1 is 1.24 bits per heavy atom. The first-order chi connectivity index (χ1) is 8.15. The molecule has 82 valence electrons. The lowest BCUT2D eigenvalue weighted by Gasteiger charge is -1.99. The molecule has 1 heterocycles. The van der Waals surface area contributed by atoms with E-state index in [1.807, 2.05) is 32.2 Å². The summed E-state index contributed by atoms with van der Waals surface area (Å²) in [4.78, 5) is 3.17. The molecule has 1 N–H and O–H groups in total. The average molecular weight is 221 g/mol. The van der Waals surface area contributed by atoms with Crippen molar-refractivity contribution in [1.29, 1.82) is 10.5 Å². The molecule has 1 aromatic heterocycles. The molecule has 0 atom stereocenters. The summed E-state index contributed by atoms with van der Waals surface area (Å²) in [5.41, 5.74) is 4.38. The molecule has 3 nitrogen and oxygen atoms in total. The van der Waals surface area contributed by atoms with Crippen LogP contribution in [-0.4, -0.2) is 4.98 Å². The molecule has 0 radical (unpaired) electrons. The highest BCUT2D eigenvalue weighted by molar-refractivity contribution is 5.92. The van der Waals surface area contributed by atoms with Crippen LogP contribution in [0.3, 0.4) is 0 Å². The Bertz CT molecular complexity index is 675. The van der Waals surface area contributed by atoms with E-state index in [-0.39, 0.29) is 5.57 Å². The first-order valence-corrected chi connectivity index (χ1v) is 5.26. The molecule has 1 aromatic carbocycles. The molecular weight excluding hydrogens is 210 g/mol. The van der Waals surface area contributed by atoms with Crippen LogP contribution in [0.25, 0.3) is 17.0 Å². The molecule has 2 rings (SSSR count). The third-order valence-electron chi connectivity index (χ3n) is 2.70. The number of hydrogen-bond donors (Lipinski definition) is 1. The maximum atomic E-state index is 8.76. The highest BCUT2D eigenvalue weighted by Crippen LogP contribution is 2.24. The van der Waals surface area contributed by atoms with Gasteiger partial charge in [0.25, 0.3) is 0 Å². The number of nitrogens with zero attached hydrogens (tertiary/aromatic N) is 2. The number of aryl methyl sites for hydroxylation is 2. The molecule has 0 bridgehead atoms. The van der Waals surface area contributed by atoms with E-state index in [9.17, 15) is 0 Å². The minimum absolute atomic E-state index is 0.116. The quantitative estimate of drug-likeness (QED) is 0.751. The summed E-state index contributed by atoms with van der Waals surface area (Å²) in [6.07, 6.45) is 3.43. The fourth-order valence-electron chi connectivity index (χ4n) is 1.98. The summed E-state index contributed by atoms with van der Waals surface area (Å²) in [7, 11) is 0. The molecular formula is C14H11N3. The number of nitrogens with one attached hydrogen (secondary N) is 1. The topological polar surface area (TPSA) is 63.4 Å². The van der Waals surface area contributed by atoms with Gasteiger partial charge in [-0.2, -0.15) is 10.5 Å². The first-order valence-electron chi connectivity index (χ1n) is 5.26. The zero-order valence-corrected chi connectivity index (χ0v) is 9.70. The number of nitriles is 2. The number of allylic oxidation sites excluding steroid dienone is 1. The molecule has 0 spiro atoms. The van der Waals surface area contributed by atoms with Crippen LogP contribution in [0.4, 0.5) is 0 Å². The second-order valence-electron chi connectivity index (χ2n) is 4.03. The van der Waals surface area contributed by atoms with Crippen molar-refractivity contribution >= 4 is 17.0 Å². The van der Waals surface area contributed by atoms with Crippen molar-refractivity contribution in [3.8, 4) is 12.1 Å². The van der Waals surface area contributed by atoms with Crippen LogP contribution in [0.2, 0.25) is 0 Å². The summed E-state index contributed by atoms with van der Waals surface area (Å²) in [6.45, 7) is 4.07. The van der Waals surface area contributed by atoms with Crippen molar-refractivity contribution < 1.29 is 0 Å². The van der Waals surface area contributed by atoms with Gasteiger partial charge in [0.15, 0.2) is 0 Å². The number of benzene rings is 1. The predicted octanol–water partition coefficient (Wildman–Crippen LogP) is 3.22. The van der Waals surface area contributed by atoms with Crippen LogP contribution >= 0.6 is 0 Å². The predicted molar refractivity (Wildman–Crippen MR) is 67.0 cm³/mol. The smallest absolute Gasteiger partial charge is 0.130 e. The number of rotatable bonds is 1. The number of aromatic nitrogens is 1. The second kappa shape index (κ2) is 4.15. The fourth-order valence-corrected chi connectivity index (χ4v) is 1.98. The van der Waals surface area contributed by atoms with Crippen molar-refractivity contribution in [2.24, 2.45) is 0 Å². The van der Waals surface area contributed by atoms with Gasteiger partial charge in [-0.15, -0.1) is 0 Å². The molecule has 0 aliphatic rings. The molecule has 0 saturated heterocycles. The van der Waals surface area contributed by atoms with Crippen LogP contribution in [0.15, 0.2) is 23.9 Å². The van der Waals surface area contributed by atoms with E-state index >= 15 is 0 Å². The largest absolute Gasteiger partial charge is 0.360 e. The average Bonchev–Trinajstić information content (AvgIpc) is 2.69. The van der Waals surface area contributed by atoms with Crippen molar-refractivity contribution in [3.05, 3.63) is 40.6 Å². The maximum absolute atomic E-state index is 8.76. The zero-order valence-electron chi connectivity index (χ0n) is 9.70. The summed E-state index contributed by atoms with van der Waals surface area (Å²) in [6, 6.07) is 7.89. The summed E-state index contributed by atoms with van der Waals surface area (Å²) >= 11 is 0. The van der Waals surface area contributed by atoms with Gasteiger partial charge >= 0.3 is 0 Å². The number of hydrogen-bond acceptors (Lipinski definition) is 2. The first kappa shape index (κ1) is 11.0. The molecule has 0 aliphatic heterocycles. The number of H-pyrrole nitrogens is 1. The molecule has 0 fully saturated rings. The van der Waals surface area contributed by atoms with E-state index in [1.165, 1.54) is 5.56 Å². The van der Waals surface area contributed by atoms with Gasteiger partial charge in [-0.25, -0.2) is 0 Å². The second-order valence-corrected chi connectivity index (χ2v) is 4.03. The molecule has 0 unspecified atom stereocenters. The van der Waals surface area contributed by atoms with Gasteiger partial charge in [0.1, 0.15) is 17.7 Å². The van der Waals surface area contributed by atoms with E-state index in [0.717, 1.165) is 22.0 Å². The maximum Gasteiger partial charge on any atom is 0.130 e. The Hall–Kier alpha value is -2.52. The Morgan fingerprint density at radius 3 is 2.59 bits per heavy atom. The van der Waals surface area contributed by atoms with Gasteiger partial charge in [0.2, 0.25) is 0 Å². The Kier molecular flexibility index (Phi) is 2.68. The Labute approximate surface area is 99.6 Å². The van der Waals surface area contributed by atoms with Gasteiger partial charge in [-0.05, 0) is 31.6 Å². The van der Waals surface area contributed by atoms with E-state index in [0.29, 0.717) is 0 Å². The standard InChI is InChI=1S/C14H11N3/c1-9-3-10(2)14-13(4-9)12(8-17-14)5-11(6-15)7-16/h3-5,8,17H,1-2H3. The third kappa shape index (κ3) is 1.91. The van der Waals surface area contributed by atoms with Crippen LogP contribution in [0, 0.1) is 36.5 Å². The molecule has 17 heavy (non-hydrogen) atoms. The lowest BCUT2D eigenvalue weighted by molar-refractivity contribution is 1.38. The van der Waals surface area contributed by atoms with Crippen molar-refractivity contribution in [3.63, 3.8) is 0 Å². The molecule has 0 amide bonds. The van der Waals surface area contributed by atoms with Gasteiger partial charge in [0.05, 0.1) is 0 Å². The lowest BCUT2D eigenvalue weighted by Crippen LogP contribution is -1.80. The Balaban J connectivity index is 2.70. The summed E-state index contributed by atoms with van der Waals surface area (Å²) < 4.78 is 0. The molecule has 0 aliphatic carbocycles. The zero-order chi connectivity index (χ0) is 12.4. The highest BCUT2D eigenvalue weighted by atomic mass is 14.7. The van der Waals surface area contributed by atoms with E-state index in [1.54, 1.807) is 6.08 Å². The van der Waals surface area contributed by atoms with Crippen LogP contribution in [0.5, 0.6) is 0 Å². The number of fused-ring (bicyclic) bond motifs is 1. The monoisotopic (exact) mass is 221 g/mol. The summed E-state index contributed by atoms with van der Waals surface area (Å²) in [5, 5.41) is 18.6. The minimum Gasteiger partial charge on any atom is -0.360 e. The van der Waals surface area contributed by atoms with E-state index in [4.69, 9.17) is 10.5 Å². The summed E-state index contributed by atoms with van der Waals surface area (Å²) in [5.74, 6) is 0. The van der Waals surface area contributed by atoms with Gasteiger partial charge in [-0.1, -0.05) is 11.6 Å². The van der Waals surface area contributed by atoms with Gasteiger partial charge in [-0.3, -0.25) is 0 Å². The van der Waals surface area contributed by atoms with E-state index in [2.05, 4.69) is 17.1 Å². The van der Waals surface area contributed by atoms with Crippen LogP contribution in [-0.2, 0) is 0 Å². The fraction of sp³-hybridized carbons (Fsp3) is 0.143. The molecule has 2 aromatic rings. The highest BCUT2D eigenvalue weighted by Gasteiger charge is 2.05. The van der Waals surface area contributed by atoms with Crippen molar-refractivity contribution in [2.45, 2.75) is 13.8 Å². The van der Waals surface area contributed by atoms with E-state index < -0.39 is 0 Å². The van der Waals surface area contributed by atoms with Crippen LogP contribution in [0.1, 0.15) is 16.7 Å². The third-order valence-corrected chi connectivity index (χ3v) is 2.70. The van der Waals surface area contributed by atoms with Gasteiger partial charge in [0, 0.05) is 22.7 Å². The van der Waals surface area contributed by atoms with Crippen molar-refractivity contribution in [1.82, 2.24) is 4.98 Å². The Morgan fingerprint density at radius 2 is 1.94 bits per heavy atom. The molecule has 0 saturated carbocycles.